The molecule has 90 valence electrons. The Morgan fingerprint density at radius 2 is 2.07 bits per heavy atom. The Labute approximate surface area is 92.6 Å². The van der Waals surface area contributed by atoms with Gasteiger partial charge in [0.15, 0.2) is 0 Å². The molecular formula is C11H24N2O2. The predicted octanol–water partition coefficient (Wildman–Crippen LogP) is 0.903. The van der Waals surface area contributed by atoms with Crippen LogP contribution in [0.15, 0.2) is 0 Å². The van der Waals surface area contributed by atoms with Crippen molar-refractivity contribution in [1.29, 1.82) is 0 Å². The van der Waals surface area contributed by atoms with Crippen LogP contribution in [0.2, 0.25) is 0 Å². The summed E-state index contributed by atoms with van der Waals surface area (Å²) in [6.45, 7) is 9.41. The van der Waals surface area contributed by atoms with Gasteiger partial charge >= 0.3 is 0 Å². The first-order valence-corrected chi connectivity index (χ1v) is 5.46. The van der Waals surface area contributed by atoms with Crippen LogP contribution in [0, 0.1) is 5.41 Å². The Hall–Kier alpha value is -0.610. The van der Waals surface area contributed by atoms with Crippen molar-refractivity contribution < 1.29 is 9.53 Å². The normalized spacial score (nSPS) is 11.9. The lowest BCUT2D eigenvalue weighted by Crippen LogP contribution is -2.37. The summed E-state index contributed by atoms with van der Waals surface area (Å²) < 4.78 is 5.19. The minimum atomic E-state index is -0.0613. The fourth-order valence-corrected chi connectivity index (χ4v) is 1.11. The number of amides is 1. The maximum atomic E-state index is 11.3. The number of hydrogen-bond acceptors (Lipinski definition) is 3. The smallest absolute Gasteiger partial charge is 0.246 e. The number of hydrogen-bond donors (Lipinski definition) is 2. The van der Waals surface area contributed by atoms with Crippen LogP contribution in [-0.2, 0) is 9.53 Å². The molecule has 0 aromatic heterocycles. The molecular weight excluding hydrogens is 192 g/mol. The van der Waals surface area contributed by atoms with Gasteiger partial charge in [-0.05, 0) is 32.2 Å². The molecule has 1 amide bonds. The van der Waals surface area contributed by atoms with E-state index in [0.29, 0.717) is 13.1 Å². The highest BCUT2D eigenvalue weighted by Crippen LogP contribution is 2.17. The Morgan fingerprint density at radius 1 is 1.47 bits per heavy atom. The molecule has 0 aromatic carbocycles. The number of carbonyl (C=O) groups is 1. The quantitative estimate of drug-likeness (QED) is 0.664. The predicted molar refractivity (Wildman–Crippen MR) is 61.6 cm³/mol. The molecule has 0 aliphatic rings. The first-order valence-electron chi connectivity index (χ1n) is 5.46. The monoisotopic (exact) mass is 216 g/mol. The highest BCUT2D eigenvalue weighted by molar-refractivity contribution is 5.77. The van der Waals surface area contributed by atoms with Crippen LogP contribution in [0.4, 0.5) is 0 Å². The lowest BCUT2D eigenvalue weighted by molar-refractivity contribution is -0.127. The number of carbonyl (C=O) groups excluding carboxylic acids is 1. The zero-order chi connectivity index (χ0) is 11.9. The molecule has 0 rings (SSSR count). The molecule has 0 fully saturated rings. The molecule has 0 bridgehead atoms. The van der Waals surface area contributed by atoms with Gasteiger partial charge < -0.3 is 15.8 Å². The molecule has 0 heterocycles. The molecule has 0 aliphatic carbocycles. The van der Waals surface area contributed by atoms with Crippen molar-refractivity contribution in [2.24, 2.45) is 11.1 Å². The van der Waals surface area contributed by atoms with Gasteiger partial charge in [0.05, 0.1) is 6.10 Å². The summed E-state index contributed by atoms with van der Waals surface area (Å²) in [6.07, 6.45) is 0.992. The van der Waals surface area contributed by atoms with Crippen molar-refractivity contribution in [1.82, 2.24) is 5.32 Å². The van der Waals surface area contributed by atoms with Crippen LogP contribution in [0.1, 0.15) is 34.1 Å². The molecule has 4 nitrogen and oxygen atoms in total. The first-order chi connectivity index (χ1) is 6.87. The average Bonchev–Trinajstić information content (AvgIpc) is 2.11. The van der Waals surface area contributed by atoms with Crippen LogP contribution < -0.4 is 11.1 Å². The van der Waals surface area contributed by atoms with Crippen molar-refractivity contribution in [3.63, 3.8) is 0 Å². The van der Waals surface area contributed by atoms with Crippen molar-refractivity contribution in [2.45, 2.75) is 40.2 Å². The number of nitrogens with one attached hydrogen (secondary N) is 1. The van der Waals surface area contributed by atoms with E-state index in [1.807, 2.05) is 13.8 Å². The number of nitrogens with two attached hydrogens (primary N) is 1. The zero-order valence-corrected chi connectivity index (χ0v) is 10.3. The molecule has 0 saturated heterocycles. The third-order valence-electron chi connectivity index (χ3n) is 2.13. The second-order valence-electron chi connectivity index (χ2n) is 4.84. The molecule has 0 spiro atoms. The van der Waals surface area contributed by atoms with Gasteiger partial charge in [0.25, 0.3) is 0 Å². The molecule has 0 aromatic rings. The average molecular weight is 216 g/mol. The minimum absolute atomic E-state index is 0.0578. The Morgan fingerprint density at radius 3 is 2.53 bits per heavy atom. The SMILES string of the molecule is CC(C)OCC(=O)NCC(C)(C)CCN. The highest BCUT2D eigenvalue weighted by atomic mass is 16.5. The van der Waals surface area contributed by atoms with E-state index < -0.39 is 0 Å². The Balaban J connectivity index is 3.70. The Kier molecular flexibility index (Phi) is 6.52. The molecule has 4 heteroatoms. The topological polar surface area (TPSA) is 64.3 Å². The summed E-state index contributed by atoms with van der Waals surface area (Å²) in [5, 5.41) is 2.84. The van der Waals surface area contributed by atoms with Gasteiger partial charge in [-0.25, -0.2) is 0 Å². The second kappa shape index (κ2) is 6.80. The van der Waals surface area contributed by atoms with Crippen LogP contribution in [-0.4, -0.2) is 31.7 Å². The molecule has 0 saturated carbocycles. The molecule has 15 heavy (non-hydrogen) atoms. The van der Waals surface area contributed by atoms with Gasteiger partial charge in [-0.15, -0.1) is 0 Å². The molecule has 0 radical (unpaired) electrons. The van der Waals surface area contributed by atoms with Gasteiger partial charge in [0, 0.05) is 6.54 Å². The van der Waals surface area contributed by atoms with E-state index in [0.717, 1.165) is 6.42 Å². The van der Waals surface area contributed by atoms with E-state index in [1.54, 1.807) is 0 Å². The molecule has 0 aliphatic heterocycles. The molecule has 0 unspecified atom stereocenters. The summed E-state index contributed by atoms with van der Waals surface area (Å²) in [5.41, 5.74) is 5.54. The van der Waals surface area contributed by atoms with Gasteiger partial charge in [-0.2, -0.15) is 0 Å². The summed E-state index contributed by atoms with van der Waals surface area (Å²) in [5.74, 6) is -0.0613. The van der Waals surface area contributed by atoms with E-state index >= 15 is 0 Å². The van der Waals surface area contributed by atoms with E-state index in [2.05, 4.69) is 19.2 Å². The van der Waals surface area contributed by atoms with E-state index in [1.165, 1.54) is 0 Å². The summed E-state index contributed by atoms with van der Waals surface area (Å²) >= 11 is 0. The standard InChI is InChI=1S/C11H24N2O2/c1-9(2)15-7-10(14)13-8-11(3,4)5-6-12/h9H,5-8,12H2,1-4H3,(H,13,14). The van der Waals surface area contributed by atoms with Crippen LogP contribution in [0.3, 0.4) is 0 Å². The first kappa shape index (κ1) is 14.4. The van der Waals surface area contributed by atoms with E-state index in [-0.39, 0.29) is 24.0 Å². The molecule has 3 N–H and O–H groups in total. The van der Waals surface area contributed by atoms with Crippen molar-refractivity contribution in [2.75, 3.05) is 19.7 Å². The summed E-state index contributed by atoms with van der Waals surface area (Å²) in [6, 6.07) is 0. The van der Waals surface area contributed by atoms with Crippen molar-refractivity contribution in [3.05, 3.63) is 0 Å². The van der Waals surface area contributed by atoms with Gasteiger partial charge in [-0.1, -0.05) is 13.8 Å². The minimum Gasteiger partial charge on any atom is -0.369 e. The lowest BCUT2D eigenvalue weighted by atomic mass is 9.89. The fraction of sp³-hybridized carbons (Fsp3) is 0.909. The van der Waals surface area contributed by atoms with Crippen molar-refractivity contribution >= 4 is 5.91 Å². The largest absolute Gasteiger partial charge is 0.369 e. The fourth-order valence-electron chi connectivity index (χ4n) is 1.11. The lowest BCUT2D eigenvalue weighted by Gasteiger charge is -2.24. The summed E-state index contributed by atoms with van der Waals surface area (Å²) in [4.78, 5) is 11.3. The second-order valence-corrected chi connectivity index (χ2v) is 4.84. The van der Waals surface area contributed by atoms with E-state index in [4.69, 9.17) is 10.5 Å². The van der Waals surface area contributed by atoms with Gasteiger partial charge in [-0.3, -0.25) is 4.79 Å². The zero-order valence-electron chi connectivity index (χ0n) is 10.3. The van der Waals surface area contributed by atoms with Crippen LogP contribution in [0.5, 0.6) is 0 Å². The van der Waals surface area contributed by atoms with Crippen LogP contribution in [0.25, 0.3) is 0 Å². The van der Waals surface area contributed by atoms with Gasteiger partial charge in [0.2, 0.25) is 5.91 Å². The number of ether oxygens (including phenoxy) is 1. The molecule has 0 atom stereocenters. The van der Waals surface area contributed by atoms with E-state index in [9.17, 15) is 4.79 Å². The van der Waals surface area contributed by atoms with Gasteiger partial charge in [0.1, 0.15) is 6.61 Å². The highest BCUT2D eigenvalue weighted by Gasteiger charge is 2.17. The third kappa shape index (κ3) is 8.39. The van der Waals surface area contributed by atoms with Crippen LogP contribution >= 0.6 is 0 Å². The third-order valence-corrected chi connectivity index (χ3v) is 2.13. The van der Waals surface area contributed by atoms with Crippen molar-refractivity contribution in [3.8, 4) is 0 Å². The maximum absolute atomic E-state index is 11.3. The summed E-state index contributed by atoms with van der Waals surface area (Å²) in [7, 11) is 0. The maximum Gasteiger partial charge on any atom is 0.246 e. The Bertz CT molecular complexity index is 191. The number of rotatable bonds is 7.